The van der Waals surface area contributed by atoms with Gasteiger partial charge >= 0.3 is 0 Å². The monoisotopic (exact) mass is 326 g/mol. The molecule has 2 aromatic carbocycles. The van der Waals surface area contributed by atoms with Crippen LogP contribution in [0.4, 0.5) is 0 Å². The highest BCUT2D eigenvalue weighted by Crippen LogP contribution is 2.27. The van der Waals surface area contributed by atoms with Gasteiger partial charge in [0, 0.05) is 17.4 Å². The Labute approximate surface area is 140 Å². The highest BCUT2D eigenvalue weighted by molar-refractivity contribution is 6.35. The number of benzene rings is 2. The van der Waals surface area contributed by atoms with Crippen LogP contribution in [0.3, 0.4) is 0 Å². The van der Waals surface area contributed by atoms with Gasteiger partial charge in [-0.3, -0.25) is 9.36 Å². The van der Waals surface area contributed by atoms with Gasteiger partial charge in [0.15, 0.2) is 0 Å². The third-order valence-electron chi connectivity index (χ3n) is 4.10. The molecular weight excluding hydrogens is 308 g/mol. The molecule has 4 heteroatoms. The van der Waals surface area contributed by atoms with Crippen LogP contribution in [0.5, 0.6) is 0 Å². The minimum Gasteiger partial charge on any atom is -0.323 e. The first kappa shape index (κ1) is 15.8. The highest BCUT2D eigenvalue weighted by atomic mass is 35.5. The van der Waals surface area contributed by atoms with Crippen molar-refractivity contribution in [2.24, 2.45) is 11.7 Å². The molecule has 0 radical (unpaired) electrons. The number of nitrogens with two attached hydrogens (primary N) is 1. The fraction of sp³-hybridized carbons (Fsp3) is 0.211. The lowest BCUT2D eigenvalue weighted by Gasteiger charge is -2.22. The fourth-order valence-electron chi connectivity index (χ4n) is 2.77. The van der Waals surface area contributed by atoms with E-state index in [0.29, 0.717) is 10.4 Å². The number of hydrogen-bond donors (Lipinski definition) is 1. The van der Waals surface area contributed by atoms with Crippen molar-refractivity contribution < 1.29 is 0 Å². The standard InChI is InChI=1S/C19H19ClN2O/c1-12(2)18(21)16-11-13-7-6-10-15(20)17(13)19(23)22(16)14-8-4-3-5-9-14/h3-12,18H,21H2,1-2H3/t18-/m0/s1. The predicted octanol–water partition coefficient (Wildman–Crippen LogP) is 4.30. The Kier molecular flexibility index (Phi) is 4.24. The van der Waals surface area contributed by atoms with Crippen molar-refractivity contribution in [3.63, 3.8) is 0 Å². The molecule has 3 rings (SSSR count). The number of rotatable bonds is 3. The molecule has 0 unspecified atom stereocenters. The van der Waals surface area contributed by atoms with Crippen LogP contribution in [0.15, 0.2) is 59.4 Å². The number of nitrogens with zero attached hydrogens (tertiary/aromatic N) is 1. The molecule has 0 bridgehead atoms. The van der Waals surface area contributed by atoms with E-state index in [-0.39, 0.29) is 17.5 Å². The minimum atomic E-state index is -0.244. The molecule has 1 atom stereocenters. The van der Waals surface area contributed by atoms with Crippen molar-refractivity contribution in [2.75, 3.05) is 0 Å². The summed E-state index contributed by atoms with van der Waals surface area (Å²) in [6, 6.07) is 16.8. The minimum absolute atomic E-state index is 0.134. The lowest BCUT2D eigenvalue weighted by atomic mass is 9.98. The van der Waals surface area contributed by atoms with E-state index in [2.05, 4.69) is 0 Å². The Morgan fingerprint density at radius 1 is 1.04 bits per heavy atom. The Balaban J connectivity index is 2.43. The molecule has 3 nitrogen and oxygen atoms in total. The molecule has 23 heavy (non-hydrogen) atoms. The van der Waals surface area contributed by atoms with Crippen molar-refractivity contribution in [1.29, 1.82) is 0 Å². The zero-order chi connectivity index (χ0) is 16.6. The molecule has 1 aromatic heterocycles. The zero-order valence-corrected chi connectivity index (χ0v) is 13.9. The molecule has 0 spiro atoms. The summed E-state index contributed by atoms with van der Waals surface area (Å²) in [4.78, 5) is 13.1. The third kappa shape index (κ3) is 2.78. The quantitative estimate of drug-likeness (QED) is 0.780. The van der Waals surface area contributed by atoms with Crippen LogP contribution in [-0.2, 0) is 0 Å². The zero-order valence-electron chi connectivity index (χ0n) is 13.2. The van der Waals surface area contributed by atoms with Gasteiger partial charge in [0.25, 0.3) is 5.56 Å². The lowest BCUT2D eigenvalue weighted by molar-refractivity contribution is 0.493. The van der Waals surface area contributed by atoms with E-state index in [0.717, 1.165) is 16.8 Å². The highest BCUT2D eigenvalue weighted by Gasteiger charge is 2.19. The van der Waals surface area contributed by atoms with Crippen LogP contribution in [0, 0.1) is 5.92 Å². The number of aromatic nitrogens is 1. The number of fused-ring (bicyclic) bond motifs is 1. The second kappa shape index (κ2) is 6.19. The lowest BCUT2D eigenvalue weighted by Crippen LogP contribution is -2.29. The van der Waals surface area contributed by atoms with Gasteiger partial charge in [0.2, 0.25) is 0 Å². The molecule has 0 aliphatic heterocycles. The summed E-state index contributed by atoms with van der Waals surface area (Å²) in [6.07, 6.45) is 0. The molecule has 2 N–H and O–H groups in total. The summed E-state index contributed by atoms with van der Waals surface area (Å²) in [5, 5.41) is 1.81. The normalized spacial score (nSPS) is 12.7. The Hall–Kier alpha value is -2.10. The molecule has 0 saturated heterocycles. The van der Waals surface area contributed by atoms with Gasteiger partial charge in [-0.15, -0.1) is 0 Å². The predicted molar refractivity (Wildman–Crippen MR) is 96.3 cm³/mol. The van der Waals surface area contributed by atoms with Crippen molar-refractivity contribution in [1.82, 2.24) is 4.57 Å². The van der Waals surface area contributed by atoms with Gasteiger partial charge < -0.3 is 5.73 Å². The Morgan fingerprint density at radius 3 is 2.39 bits per heavy atom. The smallest absolute Gasteiger partial charge is 0.264 e. The van der Waals surface area contributed by atoms with E-state index in [1.54, 1.807) is 10.6 Å². The SMILES string of the molecule is CC(C)[C@H](N)c1cc2cccc(Cl)c2c(=O)n1-c1ccccc1. The molecule has 1 heterocycles. The van der Waals surface area contributed by atoms with Gasteiger partial charge in [-0.05, 0) is 35.6 Å². The number of para-hydroxylation sites is 1. The van der Waals surface area contributed by atoms with Crippen LogP contribution >= 0.6 is 11.6 Å². The summed E-state index contributed by atoms with van der Waals surface area (Å²) in [5.41, 5.74) is 7.84. The Bertz CT molecular complexity index is 900. The molecule has 0 aliphatic rings. The fourth-order valence-corrected chi connectivity index (χ4v) is 3.03. The maximum absolute atomic E-state index is 13.1. The summed E-state index contributed by atoms with van der Waals surface area (Å²) < 4.78 is 1.68. The van der Waals surface area contributed by atoms with Crippen molar-refractivity contribution in [3.05, 3.63) is 75.7 Å². The second-order valence-corrected chi connectivity index (χ2v) is 6.43. The van der Waals surface area contributed by atoms with Crippen LogP contribution in [0.1, 0.15) is 25.6 Å². The molecule has 0 amide bonds. The van der Waals surface area contributed by atoms with Gasteiger partial charge in [-0.1, -0.05) is 55.8 Å². The van der Waals surface area contributed by atoms with E-state index in [9.17, 15) is 4.79 Å². The van der Waals surface area contributed by atoms with Gasteiger partial charge in [-0.2, -0.15) is 0 Å². The first-order chi connectivity index (χ1) is 11.0. The summed E-state index contributed by atoms with van der Waals surface area (Å²) in [6.45, 7) is 4.10. The topological polar surface area (TPSA) is 48.0 Å². The molecule has 0 aliphatic carbocycles. The summed E-state index contributed by atoms with van der Waals surface area (Å²) >= 11 is 6.27. The van der Waals surface area contributed by atoms with Gasteiger partial charge in [0.05, 0.1) is 10.4 Å². The molecule has 3 aromatic rings. The van der Waals surface area contributed by atoms with Crippen molar-refractivity contribution in [3.8, 4) is 5.69 Å². The van der Waals surface area contributed by atoms with E-state index < -0.39 is 0 Å². The molecular formula is C19H19ClN2O. The van der Waals surface area contributed by atoms with Crippen LogP contribution in [-0.4, -0.2) is 4.57 Å². The second-order valence-electron chi connectivity index (χ2n) is 6.02. The first-order valence-electron chi connectivity index (χ1n) is 7.66. The number of hydrogen-bond acceptors (Lipinski definition) is 2. The van der Waals surface area contributed by atoms with Crippen LogP contribution < -0.4 is 11.3 Å². The molecule has 118 valence electrons. The Morgan fingerprint density at radius 2 is 1.74 bits per heavy atom. The maximum atomic E-state index is 13.1. The average molecular weight is 327 g/mol. The van der Waals surface area contributed by atoms with E-state index in [1.807, 2.05) is 62.4 Å². The van der Waals surface area contributed by atoms with Gasteiger partial charge in [0.1, 0.15) is 0 Å². The number of halogens is 1. The number of pyridine rings is 1. The van der Waals surface area contributed by atoms with Crippen LogP contribution in [0.25, 0.3) is 16.5 Å². The van der Waals surface area contributed by atoms with E-state index in [1.165, 1.54) is 0 Å². The van der Waals surface area contributed by atoms with Crippen molar-refractivity contribution >= 4 is 22.4 Å². The van der Waals surface area contributed by atoms with Gasteiger partial charge in [-0.25, -0.2) is 0 Å². The largest absolute Gasteiger partial charge is 0.323 e. The van der Waals surface area contributed by atoms with E-state index >= 15 is 0 Å². The average Bonchev–Trinajstić information content (AvgIpc) is 2.54. The molecule has 0 saturated carbocycles. The summed E-state index contributed by atoms with van der Waals surface area (Å²) in [5.74, 6) is 0.209. The third-order valence-corrected chi connectivity index (χ3v) is 4.41. The first-order valence-corrected chi connectivity index (χ1v) is 8.03. The summed E-state index contributed by atoms with van der Waals surface area (Å²) in [7, 11) is 0. The molecule has 0 fully saturated rings. The maximum Gasteiger partial charge on any atom is 0.264 e. The van der Waals surface area contributed by atoms with E-state index in [4.69, 9.17) is 17.3 Å². The van der Waals surface area contributed by atoms with Crippen molar-refractivity contribution in [2.45, 2.75) is 19.9 Å². The van der Waals surface area contributed by atoms with Crippen LogP contribution in [0.2, 0.25) is 5.02 Å².